The molecule has 0 unspecified atom stereocenters. The van der Waals surface area contributed by atoms with E-state index in [4.69, 9.17) is 4.74 Å². The molecule has 4 aromatic rings. The monoisotopic (exact) mass is 389 g/mol. The van der Waals surface area contributed by atoms with E-state index >= 15 is 0 Å². The van der Waals surface area contributed by atoms with Gasteiger partial charge in [0, 0.05) is 6.54 Å². The Kier molecular flexibility index (Phi) is 5.10. The van der Waals surface area contributed by atoms with E-state index in [0.717, 1.165) is 22.1 Å². The summed E-state index contributed by atoms with van der Waals surface area (Å²) in [7, 11) is -3.61. The Balaban J connectivity index is 1.49. The second-order valence-corrected chi connectivity index (χ2v) is 8.16. The SMILES string of the molecule is O=S(=O)(NCc1cccc(Oc2ccccc2)c1)c1ccc2ccccc2c1. The van der Waals surface area contributed by atoms with Gasteiger partial charge in [-0.05, 0) is 52.7 Å². The molecule has 0 radical (unpaired) electrons. The van der Waals surface area contributed by atoms with E-state index in [1.807, 2.05) is 84.9 Å². The number of benzene rings is 4. The summed E-state index contributed by atoms with van der Waals surface area (Å²) in [6.07, 6.45) is 0. The fourth-order valence-electron chi connectivity index (χ4n) is 2.94. The Morgan fingerprint density at radius 3 is 2.21 bits per heavy atom. The molecular weight excluding hydrogens is 370 g/mol. The maximum absolute atomic E-state index is 12.7. The van der Waals surface area contributed by atoms with E-state index in [9.17, 15) is 8.42 Å². The van der Waals surface area contributed by atoms with Gasteiger partial charge in [0.2, 0.25) is 10.0 Å². The topological polar surface area (TPSA) is 55.4 Å². The number of hydrogen-bond acceptors (Lipinski definition) is 3. The molecule has 0 amide bonds. The molecule has 5 heteroatoms. The van der Waals surface area contributed by atoms with Gasteiger partial charge in [-0.25, -0.2) is 13.1 Å². The maximum atomic E-state index is 12.7. The van der Waals surface area contributed by atoms with Crippen LogP contribution in [0.4, 0.5) is 0 Å². The third-order valence-corrected chi connectivity index (χ3v) is 5.77. The minimum atomic E-state index is -3.61. The van der Waals surface area contributed by atoms with Crippen LogP contribution in [0.25, 0.3) is 10.8 Å². The van der Waals surface area contributed by atoms with Crippen molar-refractivity contribution in [3.63, 3.8) is 0 Å². The highest BCUT2D eigenvalue weighted by atomic mass is 32.2. The molecule has 0 fully saturated rings. The summed E-state index contributed by atoms with van der Waals surface area (Å²) in [6.45, 7) is 0.182. The Morgan fingerprint density at radius 2 is 1.39 bits per heavy atom. The van der Waals surface area contributed by atoms with Crippen LogP contribution in [0.2, 0.25) is 0 Å². The zero-order chi connectivity index (χ0) is 19.4. The highest BCUT2D eigenvalue weighted by Crippen LogP contribution is 2.22. The van der Waals surface area contributed by atoms with Crippen molar-refractivity contribution in [2.45, 2.75) is 11.4 Å². The molecule has 140 valence electrons. The van der Waals surface area contributed by atoms with Crippen molar-refractivity contribution in [2.75, 3.05) is 0 Å². The number of rotatable bonds is 6. The average Bonchev–Trinajstić information content (AvgIpc) is 2.73. The quantitative estimate of drug-likeness (QED) is 0.498. The molecule has 0 spiro atoms. The predicted octanol–water partition coefficient (Wildman–Crippen LogP) is 5.11. The van der Waals surface area contributed by atoms with Crippen molar-refractivity contribution < 1.29 is 13.2 Å². The van der Waals surface area contributed by atoms with Crippen LogP contribution in [0.5, 0.6) is 11.5 Å². The standard InChI is InChI=1S/C23H19NO3S/c25-28(26,23-14-13-19-8-4-5-9-20(19)16-23)24-17-18-7-6-12-22(15-18)27-21-10-2-1-3-11-21/h1-16,24H,17H2. The minimum Gasteiger partial charge on any atom is -0.457 e. The van der Waals surface area contributed by atoms with Gasteiger partial charge in [-0.15, -0.1) is 0 Å². The first-order chi connectivity index (χ1) is 13.6. The van der Waals surface area contributed by atoms with Gasteiger partial charge in [0.05, 0.1) is 4.90 Å². The van der Waals surface area contributed by atoms with Crippen LogP contribution in [0.1, 0.15) is 5.56 Å². The van der Waals surface area contributed by atoms with Crippen LogP contribution in [0.3, 0.4) is 0 Å². The largest absolute Gasteiger partial charge is 0.457 e. The second kappa shape index (κ2) is 7.84. The molecule has 0 aliphatic heterocycles. The van der Waals surface area contributed by atoms with Crippen LogP contribution in [0.15, 0.2) is 102 Å². The normalized spacial score (nSPS) is 11.4. The molecule has 4 nitrogen and oxygen atoms in total. The van der Waals surface area contributed by atoms with Crippen LogP contribution in [0, 0.1) is 0 Å². The Hall–Kier alpha value is -3.15. The molecule has 0 atom stereocenters. The molecule has 0 aliphatic rings. The Morgan fingerprint density at radius 1 is 0.679 bits per heavy atom. The van der Waals surface area contributed by atoms with Crippen molar-refractivity contribution in [3.8, 4) is 11.5 Å². The summed E-state index contributed by atoms with van der Waals surface area (Å²) in [5.41, 5.74) is 0.817. The van der Waals surface area contributed by atoms with Gasteiger partial charge in [0.1, 0.15) is 11.5 Å². The van der Waals surface area contributed by atoms with Crippen molar-refractivity contribution in [1.29, 1.82) is 0 Å². The molecule has 0 saturated carbocycles. The average molecular weight is 389 g/mol. The number of fused-ring (bicyclic) bond motifs is 1. The van der Waals surface area contributed by atoms with Crippen molar-refractivity contribution >= 4 is 20.8 Å². The summed E-state index contributed by atoms with van der Waals surface area (Å²) in [6, 6.07) is 29.6. The maximum Gasteiger partial charge on any atom is 0.240 e. The van der Waals surface area contributed by atoms with Gasteiger partial charge in [-0.2, -0.15) is 0 Å². The van der Waals surface area contributed by atoms with Gasteiger partial charge in [0.15, 0.2) is 0 Å². The number of sulfonamides is 1. The van der Waals surface area contributed by atoms with E-state index in [0.29, 0.717) is 5.75 Å². The fourth-order valence-corrected chi connectivity index (χ4v) is 3.99. The smallest absolute Gasteiger partial charge is 0.240 e. The Bertz CT molecular complexity index is 1200. The molecule has 0 saturated heterocycles. The van der Waals surface area contributed by atoms with E-state index in [2.05, 4.69) is 4.72 Å². The van der Waals surface area contributed by atoms with E-state index < -0.39 is 10.0 Å². The molecule has 1 N–H and O–H groups in total. The highest BCUT2D eigenvalue weighted by Gasteiger charge is 2.14. The summed E-state index contributed by atoms with van der Waals surface area (Å²) in [5, 5.41) is 1.90. The lowest BCUT2D eigenvalue weighted by Crippen LogP contribution is -2.23. The number of para-hydroxylation sites is 1. The molecule has 28 heavy (non-hydrogen) atoms. The fraction of sp³-hybridized carbons (Fsp3) is 0.0435. The zero-order valence-electron chi connectivity index (χ0n) is 15.1. The molecule has 4 aromatic carbocycles. The zero-order valence-corrected chi connectivity index (χ0v) is 15.9. The van der Waals surface area contributed by atoms with Crippen molar-refractivity contribution in [3.05, 3.63) is 103 Å². The van der Waals surface area contributed by atoms with Crippen molar-refractivity contribution in [1.82, 2.24) is 4.72 Å². The van der Waals surface area contributed by atoms with Crippen LogP contribution >= 0.6 is 0 Å². The lowest BCUT2D eigenvalue weighted by Gasteiger charge is -2.10. The van der Waals surface area contributed by atoms with Crippen LogP contribution in [-0.2, 0) is 16.6 Å². The predicted molar refractivity (Wildman–Crippen MR) is 111 cm³/mol. The highest BCUT2D eigenvalue weighted by molar-refractivity contribution is 7.89. The lowest BCUT2D eigenvalue weighted by molar-refractivity contribution is 0.482. The molecule has 0 bridgehead atoms. The Labute approximate surface area is 164 Å². The van der Waals surface area contributed by atoms with Gasteiger partial charge < -0.3 is 4.74 Å². The van der Waals surface area contributed by atoms with Gasteiger partial charge in [-0.1, -0.05) is 60.7 Å². The minimum absolute atomic E-state index is 0.182. The van der Waals surface area contributed by atoms with Gasteiger partial charge in [0.25, 0.3) is 0 Å². The molecular formula is C23H19NO3S. The van der Waals surface area contributed by atoms with E-state index in [1.54, 1.807) is 12.1 Å². The van der Waals surface area contributed by atoms with Crippen molar-refractivity contribution in [2.24, 2.45) is 0 Å². The molecule has 0 aliphatic carbocycles. The summed E-state index contributed by atoms with van der Waals surface area (Å²) >= 11 is 0. The first-order valence-corrected chi connectivity index (χ1v) is 10.4. The van der Waals surface area contributed by atoms with Gasteiger partial charge in [-0.3, -0.25) is 0 Å². The summed E-state index contributed by atoms with van der Waals surface area (Å²) < 4.78 is 33.8. The number of hydrogen-bond donors (Lipinski definition) is 1. The van der Waals surface area contributed by atoms with E-state index in [1.165, 1.54) is 0 Å². The van der Waals surface area contributed by atoms with Crippen LogP contribution in [-0.4, -0.2) is 8.42 Å². The van der Waals surface area contributed by atoms with Crippen LogP contribution < -0.4 is 9.46 Å². The van der Waals surface area contributed by atoms with E-state index in [-0.39, 0.29) is 11.4 Å². The summed E-state index contributed by atoms with van der Waals surface area (Å²) in [4.78, 5) is 0.253. The first kappa shape index (κ1) is 18.2. The van der Waals surface area contributed by atoms with Gasteiger partial charge >= 0.3 is 0 Å². The third-order valence-electron chi connectivity index (χ3n) is 4.37. The number of ether oxygens (including phenoxy) is 1. The molecule has 0 aromatic heterocycles. The summed E-state index contributed by atoms with van der Waals surface area (Å²) in [5.74, 6) is 1.39. The molecule has 4 rings (SSSR count). The molecule has 0 heterocycles. The lowest BCUT2D eigenvalue weighted by atomic mass is 10.1. The number of nitrogens with one attached hydrogen (secondary N) is 1. The first-order valence-electron chi connectivity index (χ1n) is 8.90. The third kappa shape index (κ3) is 4.22. The second-order valence-electron chi connectivity index (χ2n) is 6.40.